The summed E-state index contributed by atoms with van der Waals surface area (Å²) in [5.41, 5.74) is 5.20. The highest BCUT2D eigenvalue weighted by molar-refractivity contribution is 6.01. The maximum absolute atomic E-state index is 10.4. The van der Waals surface area contributed by atoms with Gasteiger partial charge in [-0.05, 0) is 24.6 Å². The van der Waals surface area contributed by atoms with Crippen molar-refractivity contribution in [2.45, 2.75) is 25.6 Å². The van der Waals surface area contributed by atoms with E-state index in [9.17, 15) is 5.11 Å². The van der Waals surface area contributed by atoms with Crippen LogP contribution in [0.4, 0.5) is 0 Å². The second-order valence-electron chi connectivity index (χ2n) is 7.07. The first-order valence-corrected chi connectivity index (χ1v) is 9.46. The van der Waals surface area contributed by atoms with Gasteiger partial charge in [0.25, 0.3) is 0 Å². The minimum Gasteiger partial charge on any atom is -0.508 e. The second kappa shape index (κ2) is 7.87. The van der Waals surface area contributed by atoms with Gasteiger partial charge >= 0.3 is 0 Å². The summed E-state index contributed by atoms with van der Waals surface area (Å²) in [6, 6.07) is 23.8. The number of ether oxygens (including phenoxy) is 1. The number of hydrogen-bond donors (Lipinski definition) is 2. The van der Waals surface area contributed by atoms with Crippen LogP contribution in [0.25, 0.3) is 0 Å². The zero-order chi connectivity index (χ0) is 19.5. The molecule has 0 bridgehead atoms. The minimum atomic E-state index is -0.259. The second-order valence-corrected chi connectivity index (χ2v) is 7.07. The molecule has 0 saturated heterocycles. The molecule has 2 unspecified atom stereocenters. The Morgan fingerprint density at radius 3 is 2.32 bits per heavy atom. The van der Waals surface area contributed by atoms with Gasteiger partial charge < -0.3 is 9.84 Å². The summed E-state index contributed by atoms with van der Waals surface area (Å²) in [6.45, 7) is 2.08. The Labute approximate surface area is 165 Å². The SMILES string of the molecule is COc1ccccc1C1N=C(c2ccc(C)cc2)CC(c2ccccc2O)N1. The van der Waals surface area contributed by atoms with Crippen LogP contribution >= 0.6 is 0 Å². The number of phenols is 1. The Morgan fingerprint density at radius 2 is 1.61 bits per heavy atom. The lowest BCUT2D eigenvalue weighted by Gasteiger charge is -2.31. The standard InChI is InChI=1S/C24H24N2O2/c1-16-11-13-17(14-12-16)20-15-21(18-7-3-5-9-22(18)27)26-24(25-20)19-8-4-6-10-23(19)28-2/h3-14,21,24,26-27H,15H2,1-2H3. The van der Waals surface area contributed by atoms with Crippen molar-refractivity contribution in [2.75, 3.05) is 7.11 Å². The maximum Gasteiger partial charge on any atom is 0.129 e. The van der Waals surface area contributed by atoms with Crippen molar-refractivity contribution >= 4 is 5.71 Å². The first-order chi connectivity index (χ1) is 13.7. The number of benzene rings is 3. The number of aliphatic imine (C=N–C) groups is 1. The quantitative estimate of drug-likeness (QED) is 0.683. The van der Waals surface area contributed by atoms with Gasteiger partial charge in [-0.25, -0.2) is 0 Å². The lowest BCUT2D eigenvalue weighted by atomic mass is 9.93. The Kier molecular flexibility index (Phi) is 5.13. The molecule has 0 spiro atoms. The lowest BCUT2D eigenvalue weighted by molar-refractivity contribution is 0.381. The molecule has 3 aromatic rings. The molecular formula is C24H24N2O2. The molecule has 28 heavy (non-hydrogen) atoms. The summed E-state index contributed by atoms with van der Waals surface area (Å²) in [5.74, 6) is 1.09. The predicted octanol–water partition coefficient (Wildman–Crippen LogP) is 4.93. The van der Waals surface area contributed by atoms with Gasteiger partial charge in [0.15, 0.2) is 0 Å². The van der Waals surface area contributed by atoms with E-state index < -0.39 is 0 Å². The monoisotopic (exact) mass is 372 g/mol. The average Bonchev–Trinajstić information content (AvgIpc) is 2.74. The molecule has 0 radical (unpaired) electrons. The lowest BCUT2D eigenvalue weighted by Crippen LogP contribution is -2.33. The van der Waals surface area contributed by atoms with E-state index >= 15 is 0 Å². The molecule has 2 N–H and O–H groups in total. The first kappa shape index (κ1) is 18.3. The topological polar surface area (TPSA) is 53.9 Å². The molecule has 1 heterocycles. The van der Waals surface area contributed by atoms with E-state index in [1.54, 1.807) is 13.2 Å². The third-order valence-corrected chi connectivity index (χ3v) is 5.17. The molecule has 2 atom stereocenters. The number of aryl methyl sites for hydroxylation is 1. The van der Waals surface area contributed by atoms with Crippen molar-refractivity contribution in [3.8, 4) is 11.5 Å². The Hall–Kier alpha value is -3.11. The summed E-state index contributed by atoms with van der Waals surface area (Å²) < 4.78 is 5.56. The summed E-state index contributed by atoms with van der Waals surface area (Å²) in [5, 5.41) is 14.0. The molecule has 4 heteroatoms. The molecule has 142 valence electrons. The molecule has 0 saturated carbocycles. The summed E-state index contributed by atoms with van der Waals surface area (Å²) >= 11 is 0. The van der Waals surface area contributed by atoms with Crippen molar-refractivity contribution in [3.05, 3.63) is 95.1 Å². The van der Waals surface area contributed by atoms with Gasteiger partial charge in [-0.3, -0.25) is 10.3 Å². The third-order valence-electron chi connectivity index (χ3n) is 5.17. The fourth-order valence-electron chi connectivity index (χ4n) is 3.66. The van der Waals surface area contributed by atoms with E-state index in [2.05, 4.69) is 36.5 Å². The number of methoxy groups -OCH3 is 1. The summed E-state index contributed by atoms with van der Waals surface area (Å²) in [6.07, 6.45) is 0.442. The van der Waals surface area contributed by atoms with Crippen LogP contribution in [0.5, 0.6) is 11.5 Å². The fraction of sp³-hybridized carbons (Fsp3) is 0.208. The average molecular weight is 372 g/mol. The zero-order valence-electron chi connectivity index (χ0n) is 16.1. The van der Waals surface area contributed by atoms with Crippen molar-refractivity contribution in [3.63, 3.8) is 0 Å². The number of aromatic hydroxyl groups is 1. The van der Waals surface area contributed by atoms with E-state index in [1.807, 2.05) is 42.5 Å². The highest BCUT2D eigenvalue weighted by atomic mass is 16.5. The molecule has 0 fully saturated rings. The van der Waals surface area contributed by atoms with Crippen LogP contribution in [-0.2, 0) is 0 Å². The fourth-order valence-corrected chi connectivity index (χ4v) is 3.66. The molecule has 4 nitrogen and oxygen atoms in total. The number of nitrogens with zero attached hydrogens (tertiary/aromatic N) is 1. The minimum absolute atomic E-state index is 0.0510. The van der Waals surface area contributed by atoms with Crippen LogP contribution < -0.4 is 10.1 Å². The molecule has 3 aromatic carbocycles. The molecular weight excluding hydrogens is 348 g/mol. The number of rotatable bonds is 4. The van der Waals surface area contributed by atoms with Gasteiger partial charge in [-0.15, -0.1) is 0 Å². The molecule has 0 amide bonds. The highest BCUT2D eigenvalue weighted by Gasteiger charge is 2.28. The van der Waals surface area contributed by atoms with Crippen LogP contribution in [0.1, 0.15) is 40.9 Å². The van der Waals surface area contributed by atoms with Crippen molar-refractivity contribution in [2.24, 2.45) is 4.99 Å². The van der Waals surface area contributed by atoms with E-state index in [0.29, 0.717) is 12.2 Å². The third kappa shape index (κ3) is 3.64. The number of nitrogens with one attached hydrogen (secondary N) is 1. The Balaban J connectivity index is 1.78. The van der Waals surface area contributed by atoms with Gasteiger partial charge in [0, 0.05) is 29.3 Å². The number of hydrogen-bond acceptors (Lipinski definition) is 4. The summed E-state index contributed by atoms with van der Waals surface area (Å²) in [4.78, 5) is 5.01. The molecule has 1 aliphatic rings. The smallest absolute Gasteiger partial charge is 0.129 e. The van der Waals surface area contributed by atoms with Gasteiger partial charge in [0.2, 0.25) is 0 Å². The van der Waals surface area contributed by atoms with Crippen LogP contribution in [0.15, 0.2) is 77.8 Å². The maximum atomic E-state index is 10.4. The van der Waals surface area contributed by atoms with Crippen molar-refractivity contribution in [1.82, 2.24) is 5.32 Å². The van der Waals surface area contributed by atoms with Gasteiger partial charge in [0.05, 0.1) is 7.11 Å². The molecule has 4 rings (SSSR count). The molecule has 0 aromatic heterocycles. The highest BCUT2D eigenvalue weighted by Crippen LogP contribution is 2.36. The first-order valence-electron chi connectivity index (χ1n) is 9.46. The molecule has 0 aliphatic carbocycles. The molecule has 1 aliphatic heterocycles. The van der Waals surface area contributed by atoms with E-state index in [4.69, 9.17) is 9.73 Å². The van der Waals surface area contributed by atoms with Gasteiger partial charge in [-0.2, -0.15) is 0 Å². The zero-order valence-corrected chi connectivity index (χ0v) is 16.1. The predicted molar refractivity (Wildman–Crippen MR) is 112 cm³/mol. The summed E-state index contributed by atoms with van der Waals surface area (Å²) in [7, 11) is 1.67. The van der Waals surface area contributed by atoms with Gasteiger partial charge in [-0.1, -0.05) is 66.2 Å². The van der Waals surface area contributed by atoms with Crippen LogP contribution in [-0.4, -0.2) is 17.9 Å². The van der Waals surface area contributed by atoms with E-state index in [1.165, 1.54) is 5.56 Å². The Morgan fingerprint density at radius 1 is 0.929 bits per heavy atom. The van der Waals surface area contributed by atoms with E-state index in [-0.39, 0.29) is 12.2 Å². The van der Waals surface area contributed by atoms with E-state index in [0.717, 1.165) is 28.2 Å². The van der Waals surface area contributed by atoms with Crippen LogP contribution in [0.3, 0.4) is 0 Å². The van der Waals surface area contributed by atoms with Crippen LogP contribution in [0, 0.1) is 6.92 Å². The number of para-hydroxylation sites is 2. The Bertz CT molecular complexity index is 995. The number of phenolic OH excluding ortho intramolecular Hbond substituents is 1. The van der Waals surface area contributed by atoms with Crippen molar-refractivity contribution in [1.29, 1.82) is 0 Å². The van der Waals surface area contributed by atoms with Crippen LogP contribution in [0.2, 0.25) is 0 Å². The normalized spacial score (nSPS) is 19.1. The largest absolute Gasteiger partial charge is 0.508 e. The van der Waals surface area contributed by atoms with Gasteiger partial charge in [0.1, 0.15) is 17.7 Å². The van der Waals surface area contributed by atoms with Crippen molar-refractivity contribution < 1.29 is 9.84 Å².